The van der Waals surface area contributed by atoms with Crippen molar-refractivity contribution in [3.63, 3.8) is 0 Å². The molecule has 0 spiro atoms. The fourth-order valence-electron chi connectivity index (χ4n) is 2.76. The molecule has 1 saturated carbocycles. The Hall–Kier alpha value is -1.55. The van der Waals surface area contributed by atoms with E-state index in [-0.39, 0.29) is 17.9 Å². The Kier molecular flexibility index (Phi) is 5.41. The third-order valence-corrected chi connectivity index (χ3v) is 3.97. The first-order chi connectivity index (χ1) is 9.70. The molecule has 1 aromatic carbocycles. The zero-order valence-corrected chi connectivity index (χ0v) is 12.0. The molecule has 2 N–H and O–H groups in total. The van der Waals surface area contributed by atoms with Crippen LogP contribution >= 0.6 is 0 Å². The van der Waals surface area contributed by atoms with Crippen molar-refractivity contribution in [3.05, 3.63) is 29.8 Å². The highest BCUT2D eigenvalue weighted by atomic mass is 16.5. The molecule has 0 aliphatic heterocycles. The van der Waals surface area contributed by atoms with Gasteiger partial charge < -0.3 is 15.2 Å². The van der Waals surface area contributed by atoms with Crippen LogP contribution in [0.15, 0.2) is 24.3 Å². The van der Waals surface area contributed by atoms with E-state index in [0.717, 1.165) is 37.0 Å². The molecule has 2 atom stereocenters. The molecule has 1 aliphatic carbocycles. The van der Waals surface area contributed by atoms with Crippen LogP contribution in [0.25, 0.3) is 0 Å². The summed E-state index contributed by atoms with van der Waals surface area (Å²) < 4.78 is 5.24. The number of nitrogens with one attached hydrogen (secondary N) is 1. The molecule has 0 radical (unpaired) electrons. The first kappa shape index (κ1) is 14.9. The molecule has 0 aromatic heterocycles. The normalized spacial score (nSPS) is 22.3. The van der Waals surface area contributed by atoms with Crippen molar-refractivity contribution >= 4 is 5.91 Å². The van der Waals surface area contributed by atoms with Gasteiger partial charge >= 0.3 is 0 Å². The smallest absolute Gasteiger partial charge is 0.224 e. The van der Waals surface area contributed by atoms with E-state index in [2.05, 4.69) is 5.32 Å². The first-order valence-corrected chi connectivity index (χ1v) is 7.27. The van der Waals surface area contributed by atoms with Crippen LogP contribution in [-0.2, 0) is 11.2 Å². The first-order valence-electron chi connectivity index (χ1n) is 7.27. The molecule has 4 nitrogen and oxygen atoms in total. The molecule has 2 unspecified atom stereocenters. The minimum absolute atomic E-state index is 0.0210. The number of carbonyl (C=O) groups is 1. The molecule has 0 bridgehead atoms. The number of carbonyl (C=O) groups excluding carboxylic acids is 1. The quantitative estimate of drug-likeness (QED) is 0.864. The van der Waals surface area contributed by atoms with Crippen LogP contribution in [-0.4, -0.2) is 30.8 Å². The Morgan fingerprint density at radius 2 is 2.10 bits per heavy atom. The number of para-hydroxylation sites is 1. The van der Waals surface area contributed by atoms with E-state index in [0.29, 0.717) is 13.0 Å². The Bertz CT molecular complexity index is 447. The number of aliphatic hydroxyl groups is 1. The van der Waals surface area contributed by atoms with E-state index in [1.54, 1.807) is 7.11 Å². The van der Waals surface area contributed by atoms with Gasteiger partial charge in [0.1, 0.15) is 5.75 Å². The molecule has 1 amide bonds. The van der Waals surface area contributed by atoms with Crippen molar-refractivity contribution in [2.24, 2.45) is 5.92 Å². The minimum Gasteiger partial charge on any atom is -0.496 e. The maximum Gasteiger partial charge on any atom is 0.224 e. The van der Waals surface area contributed by atoms with Gasteiger partial charge in [0.15, 0.2) is 0 Å². The number of hydrogen-bond donors (Lipinski definition) is 2. The predicted octanol–water partition coefficient (Wildman–Crippen LogP) is 1.90. The summed E-state index contributed by atoms with van der Waals surface area (Å²) in [5.41, 5.74) is 0.886. The second-order valence-electron chi connectivity index (χ2n) is 5.40. The zero-order chi connectivity index (χ0) is 14.4. The highest BCUT2D eigenvalue weighted by Gasteiger charge is 2.23. The fourth-order valence-corrected chi connectivity index (χ4v) is 2.76. The molecule has 20 heavy (non-hydrogen) atoms. The lowest BCUT2D eigenvalue weighted by atomic mass is 9.86. The standard InChI is InChI=1S/C16H23NO3/c1-20-15-9-5-3-6-12(15)10-16(19)17-11-13-7-2-4-8-14(13)18/h3,5-6,9,13-14,18H,2,4,7-8,10-11H2,1H3,(H,17,19). The SMILES string of the molecule is COc1ccccc1CC(=O)NCC1CCCCC1O. The lowest BCUT2D eigenvalue weighted by molar-refractivity contribution is -0.120. The summed E-state index contributed by atoms with van der Waals surface area (Å²) in [5.74, 6) is 0.915. The molecule has 1 aliphatic rings. The van der Waals surface area contributed by atoms with Gasteiger partial charge in [-0.25, -0.2) is 0 Å². The van der Waals surface area contributed by atoms with Gasteiger partial charge in [-0.05, 0) is 18.9 Å². The van der Waals surface area contributed by atoms with Crippen LogP contribution in [0.5, 0.6) is 5.75 Å². The van der Waals surface area contributed by atoms with E-state index < -0.39 is 0 Å². The van der Waals surface area contributed by atoms with E-state index in [1.165, 1.54) is 0 Å². The van der Waals surface area contributed by atoms with Gasteiger partial charge in [0.05, 0.1) is 19.6 Å². The molecule has 110 valence electrons. The van der Waals surface area contributed by atoms with Gasteiger partial charge in [-0.15, -0.1) is 0 Å². The summed E-state index contributed by atoms with van der Waals surface area (Å²) in [6.45, 7) is 0.565. The third kappa shape index (κ3) is 3.97. The average molecular weight is 277 g/mol. The van der Waals surface area contributed by atoms with E-state index in [1.807, 2.05) is 24.3 Å². The van der Waals surface area contributed by atoms with E-state index >= 15 is 0 Å². The summed E-state index contributed by atoms with van der Waals surface area (Å²) in [4.78, 5) is 12.0. The van der Waals surface area contributed by atoms with Crippen molar-refractivity contribution in [3.8, 4) is 5.75 Å². The van der Waals surface area contributed by atoms with Gasteiger partial charge in [-0.2, -0.15) is 0 Å². The Labute approximate surface area is 120 Å². The molecule has 1 fully saturated rings. The summed E-state index contributed by atoms with van der Waals surface area (Å²) in [6.07, 6.45) is 4.13. The molecule has 0 saturated heterocycles. The van der Waals surface area contributed by atoms with Gasteiger partial charge in [0, 0.05) is 18.0 Å². The number of hydrogen-bond acceptors (Lipinski definition) is 3. The van der Waals surface area contributed by atoms with E-state index in [9.17, 15) is 9.90 Å². The lowest BCUT2D eigenvalue weighted by Crippen LogP contribution is -2.37. The highest BCUT2D eigenvalue weighted by molar-refractivity contribution is 5.79. The summed E-state index contributed by atoms with van der Waals surface area (Å²) in [5, 5.41) is 12.8. The Morgan fingerprint density at radius 3 is 2.85 bits per heavy atom. The largest absolute Gasteiger partial charge is 0.496 e. The maximum atomic E-state index is 12.0. The van der Waals surface area contributed by atoms with Crippen LogP contribution < -0.4 is 10.1 Å². The number of aliphatic hydroxyl groups excluding tert-OH is 1. The van der Waals surface area contributed by atoms with Crippen LogP contribution in [0.3, 0.4) is 0 Å². The Morgan fingerprint density at radius 1 is 1.35 bits per heavy atom. The van der Waals surface area contributed by atoms with Crippen molar-refractivity contribution < 1.29 is 14.6 Å². The predicted molar refractivity (Wildman–Crippen MR) is 77.7 cm³/mol. The number of ether oxygens (including phenoxy) is 1. The van der Waals surface area contributed by atoms with Crippen LogP contribution in [0.1, 0.15) is 31.2 Å². The second kappa shape index (κ2) is 7.29. The van der Waals surface area contributed by atoms with E-state index in [4.69, 9.17) is 4.74 Å². The topological polar surface area (TPSA) is 58.6 Å². The number of amides is 1. The van der Waals surface area contributed by atoms with Crippen LogP contribution in [0, 0.1) is 5.92 Å². The average Bonchev–Trinajstić information content (AvgIpc) is 2.47. The lowest BCUT2D eigenvalue weighted by Gasteiger charge is -2.27. The van der Waals surface area contributed by atoms with Crippen LogP contribution in [0.4, 0.5) is 0 Å². The third-order valence-electron chi connectivity index (χ3n) is 3.97. The summed E-state index contributed by atoms with van der Waals surface area (Å²) in [7, 11) is 1.61. The van der Waals surface area contributed by atoms with Gasteiger partial charge in [0.25, 0.3) is 0 Å². The number of benzene rings is 1. The monoisotopic (exact) mass is 277 g/mol. The summed E-state index contributed by atoms with van der Waals surface area (Å²) >= 11 is 0. The zero-order valence-electron chi connectivity index (χ0n) is 12.0. The van der Waals surface area contributed by atoms with Gasteiger partial charge in [-0.1, -0.05) is 31.0 Å². The summed E-state index contributed by atoms with van der Waals surface area (Å²) in [6, 6.07) is 7.54. The molecule has 4 heteroatoms. The fraction of sp³-hybridized carbons (Fsp3) is 0.562. The highest BCUT2D eigenvalue weighted by Crippen LogP contribution is 2.23. The van der Waals surface area contributed by atoms with Crippen LogP contribution in [0.2, 0.25) is 0 Å². The molecule has 2 rings (SSSR count). The number of methoxy groups -OCH3 is 1. The van der Waals surface area contributed by atoms with Crippen molar-refractivity contribution in [1.29, 1.82) is 0 Å². The Balaban J connectivity index is 1.83. The second-order valence-corrected chi connectivity index (χ2v) is 5.40. The van der Waals surface area contributed by atoms with Crippen molar-refractivity contribution in [1.82, 2.24) is 5.32 Å². The van der Waals surface area contributed by atoms with Gasteiger partial charge in [0.2, 0.25) is 5.91 Å². The number of rotatable bonds is 5. The molecular weight excluding hydrogens is 254 g/mol. The molecule has 1 aromatic rings. The molecule has 0 heterocycles. The van der Waals surface area contributed by atoms with Crippen molar-refractivity contribution in [2.75, 3.05) is 13.7 Å². The minimum atomic E-state index is -0.268. The van der Waals surface area contributed by atoms with Crippen molar-refractivity contribution in [2.45, 2.75) is 38.2 Å². The maximum absolute atomic E-state index is 12.0. The molecular formula is C16H23NO3. The van der Waals surface area contributed by atoms with Gasteiger partial charge in [-0.3, -0.25) is 4.79 Å².